The van der Waals surface area contributed by atoms with Crippen LogP contribution in [0, 0.1) is 0 Å². The standard InChI is InChI=1S/C17H24N4S/c1-2-3-8-20-17(22)21-11-6-13(7-12-21)14-4-9-18-16-15(14)5-10-19-16/h4-5,9-10,13H,2-3,6-8,11-12H2,1H3,(H,18,19)(H,20,22). The predicted octanol–water partition coefficient (Wildman–Crippen LogP) is 3.42. The summed E-state index contributed by atoms with van der Waals surface area (Å²) in [5, 5.41) is 5.57. The fourth-order valence-corrected chi connectivity index (χ4v) is 3.50. The number of unbranched alkanes of at least 4 members (excludes halogenated alkanes) is 1. The van der Waals surface area contributed by atoms with Gasteiger partial charge in [-0.3, -0.25) is 0 Å². The smallest absolute Gasteiger partial charge is 0.168 e. The molecule has 4 nitrogen and oxygen atoms in total. The van der Waals surface area contributed by atoms with Crippen molar-refractivity contribution < 1.29 is 0 Å². The molecule has 0 unspecified atom stereocenters. The Bertz CT molecular complexity index is 628. The lowest BCUT2D eigenvalue weighted by molar-refractivity contribution is 0.310. The first kappa shape index (κ1) is 15.3. The zero-order chi connectivity index (χ0) is 15.4. The minimum Gasteiger partial charge on any atom is -0.363 e. The highest BCUT2D eigenvalue weighted by atomic mass is 32.1. The van der Waals surface area contributed by atoms with E-state index < -0.39 is 0 Å². The van der Waals surface area contributed by atoms with Gasteiger partial charge in [-0.2, -0.15) is 0 Å². The van der Waals surface area contributed by atoms with E-state index in [0.717, 1.165) is 43.2 Å². The molecule has 0 saturated carbocycles. The Morgan fingerprint density at radius 2 is 2.23 bits per heavy atom. The summed E-state index contributed by atoms with van der Waals surface area (Å²) < 4.78 is 0. The molecule has 118 valence electrons. The van der Waals surface area contributed by atoms with Gasteiger partial charge in [0.15, 0.2) is 5.11 Å². The Kier molecular flexibility index (Phi) is 4.93. The van der Waals surface area contributed by atoms with Gasteiger partial charge in [-0.25, -0.2) is 4.98 Å². The molecule has 3 rings (SSSR count). The largest absolute Gasteiger partial charge is 0.363 e. The third kappa shape index (κ3) is 3.24. The second-order valence-electron chi connectivity index (χ2n) is 5.99. The zero-order valence-corrected chi connectivity index (χ0v) is 14.0. The minimum absolute atomic E-state index is 0.607. The van der Waals surface area contributed by atoms with Crippen LogP contribution >= 0.6 is 12.2 Å². The number of hydrogen-bond donors (Lipinski definition) is 2. The first-order chi connectivity index (χ1) is 10.8. The van der Waals surface area contributed by atoms with E-state index in [9.17, 15) is 0 Å². The van der Waals surface area contributed by atoms with Gasteiger partial charge in [-0.1, -0.05) is 13.3 Å². The van der Waals surface area contributed by atoms with Gasteiger partial charge < -0.3 is 15.2 Å². The number of nitrogens with one attached hydrogen (secondary N) is 2. The van der Waals surface area contributed by atoms with Crippen LogP contribution in [0.4, 0.5) is 0 Å². The summed E-state index contributed by atoms with van der Waals surface area (Å²) in [7, 11) is 0. The molecule has 22 heavy (non-hydrogen) atoms. The SMILES string of the molecule is CCCCNC(=S)N1CCC(c2ccnc3[nH]ccc23)CC1. The van der Waals surface area contributed by atoms with E-state index in [2.05, 4.69) is 39.2 Å². The summed E-state index contributed by atoms with van der Waals surface area (Å²) in [6.45, 7) is 5.27. The Labute approximate surface area is 137 Å². The predicted molar refractivity (Wildman–Crippen MR) is 95.2 cm³/mol. The zero-order valence-electron chi connectivity index (χ0n) is 13.1. The van der Waals surface area contributed by atoms with Crippen LogP contribution in [-0.2, 0) is 0 Å². The maximum absolute atomic E-state index is 5.51. The number of fused-ring (bicyclic) bond motifs is 1. The van der Waals surface area contributed by atoms with Crippen LogP contribution in [0.1, 0.15) is 44.1 Å². The van der Waals surface area contributed by atoms with E-state index in [1.165, 1.54) is 23.8 Å². The van der Waals surface area contributed by atoms with E-state index in [1.54, 1.807) is 0 Å². The molecule has 0 aromatic carbocycles. The summed E-state index contributed by atoms with van der Waals surface area (Å²) in [4.78, 5) is 9.90. The van der Waals surface area contributed by atoms with Crippen molar-refractivity contribution in [2.75, 3.05) is 19.6 Å². The minimum atomic E-state index is 0.607. The molecule has 0 atom stereocenters. The van der Waals surface area contributed by atoms with E-state index in [-0.39, 0.29) is 0 Å². The number of pyridine rings is 1. The van der Waals surface area contributed by atoms with Crippen LogP contribution in [-0.4, -0.2) is 39.6 Å². The highest BCUT2D eigenvalue weighted by Crippen LogP contribution is 2.32. The third-order valence-corrected chi connectivity index (χ3v) is 4.92. The molecule has 2 aromatic heterocycles. The summed E-state index contributed by atoms with van der Waals surface area (Å²) in [5.74, 6) is 0.607. The van der Waals surface area contributed by atoms with E-state index in [0.29, 0.717) is 5.92 Å². The molecule has 2 aromatic rings. The number of nitrogens with zero attached hydrogens (tertiary/aromatic N) is 2. The lowest BCUT2D eigenvalue weighted by atomic mass is 9.88. The average molecular weight is 316 g/mol. The van der Waals surface area contributed by atoms with Crippen LogP contribution in [0.5, 0.6) is 0 Å². The molecular formula is C17H24N4S. The van der Waals surface area contributed by atoms with Crippen molar-refractivity contribution in [2.24, 2.45) is 0 Å². The summed E-state index contributed by atoms with van der Waals surface area (Å²) in [5.41, 5.74) is 2.42. The fraction of sp³-hybridized carbons (Fsp3) is 0.529. The first-order valence-corrected chi connectivity index (χ1v) is 8.65. The van der Waals surface area contributed by atoms with Crippen LogP contribution < -0.4 is 5.32 Å². The van der Waals surface area contributed by atoms with Gasteiger partial charge in [0.05, 0.1) is 0 Å². The molecule has 1 saturated heterocycles. The van der Waals surface area contributed by atoms with Crippen LogP contribution in [0.15, 0.2) is 24.5 Å². The molecule has 1 fully saturated rings. The second kappa shape index (κ2) is 7.09. The third-order valence-electron chi connectivity index (χ3n) is 4.52. The van der Waals surface area contributed by atoms with Gasteiger partial charge in [0, 0.05) is 37.4 Å². The van der Waals surface area contributed by atoms with Gasteiger partial charge in [0.1, 0.15) is 5.65 Å². The fourth-order valence-electron chi connectivity index (χ4n) is 3.22. The normalized spacial score (nSPS) is 16.1. The molecule has 0 amide bonds. The topological polar surface area (TPSA) is 44.0 Å². The van der Waals surface area contributed by atoms with Crippen LogP contribution in [0.3, 0.4) is 0 Å². The number of thiocarbonyl (C=S) groups is 1. The molecule has 2 N–H and O–H groups in total. The Balaban J connectivity index is 1.60. The number of rotatable bonds is 4. The van der Waals surface area contributed by atoms with Crippen molar-refractivity contribution in [3.63, 3.8) is 0 Å². The monoisotopic (exact) mass is 316 g/mol. The first-order valence-electron chi connectivity index (χ1n) is 8.24. The van der Waals surface area contributed by atoms with Crippen molar-refractivity contribution in [2.45, 2.75) is 38.5 Å². The average Bonchev–Trinajstić information content (AvgIpc) is 3.04. The van der Waals surface area contributed by atoms with Gasteiger partial charge in [0.2, 0.25) is 0 Å². The molecule has 0 spiro atoms. The Hall–Kier alpha value is -1.62. The molecule has 0 aliphatic carbocycles. The van der Waals surface area contributed by atoms with Crippen LogP contribution in [0.25, 0.3) is 11.0 Å². The number of aromatic amines is 1. The van der Waals surface area contributed by atoms with E-state index in [4.69, 9.17) is 12.2 Å². The quantitative estimate of drug-likeness (QED) is 0.670. The highest BCUT2D eigenvalue weighted by molar-refractivity contribution is 7.80. The molecule has 1 aliphatic heterocycles. The van der Waals surface area contributed by atoms with E-state index >= 15 is 0 Å². The van der Waals surface area contributed by atoms with E-state index in [1.807, 2.05) is 12.4 Å². The summed E-state index contributed by atoms with van der Waals surface area (Å²) >= 11 is 5.51. The molecule has 5 heteroatoms. The lowest BCUT2D eigenvalue weighted by Gasteiger charge is -2.34. The number of H-pyrrole nitrogens is 1. The van der Waals surface area contributed by atoms with Crippen molar-refractivity contribution in [3.8, 4) is 0 Å². The van der Waals surface area contributed by atoms with Crippen molar-refractivity contribution in [3.05, 3.63) is 30.1 Å². The summed E-state index contributed by atoms with van der Waals surface area (Å²) in [6.07, 6.45) is 8.58. The Morgan fingerprint density at radius 3 is 3.00 bits per heavy atom. The Morgan fingerprint density at radius 1 is 1.41 bits per heavy atom. The van der Waals surface area contributed by atoms with Crippen molar-refractivity contribution >= 4 is 28.4 Å². The molecule has 3 heterocycles. The molecular weight excluding hydrogens is 292 g/mol. The number of hydrogen-bond acceptors (Lipinski definition) is 2. The maximum atomic E-state index is 5.51. The van der Waals surface area contributed by atoms with Crippen LogP contribution in [0.2, 0.25) is 0 Å². The maximum Gasteiger partial charge on any atom is 0.168 e. The number of likely N-dealkylation sites (tertiary alicyclic amines) is 1. The highest BCUT2D eigenvalue weighted by Gasteiger charge is 2.23. The number of aromatic nitrogens is 2. The van der Waals surface area contributed by atoms with Gasteiger partial charge in [-0.05, 0) is 55.1 Å². The summed E-state index contributed by atoms with van der Waals surface area (Å²) in [6, 6.07) is 4.31. The van der Waals surface area contributed by atoms with Gasteiger partial charge in [-0.15, -0.1) is 0 Å². The number of piperidine rings is 1. The van der Waals surface area contributed by atoms with Crippen molar-refractivity contribution in [1.82, 2.24) is 20.2 Å². The molecule has 0 radical (unpaired) electrons. The lowest BCUT2D eigenvalue weighted by Crippen LogP contribution is -2.44. The van der Waals surface area contributed by atoms with Gasteiger partial charge >= 0.3 is 0 Å². The van der Waals surface area contributed by atoms with Gasteiger partial charge in [0.25, 0.3) is 0 Å². The molecule has 1 aliphatic rings. The van der Waals surface area contributed by atoms with Crippen molar-refractivity contribution in [1.29, 1.82) is 0 Å². The second-order valence-corrected chi connectivity index (χ2v) is 6.37. The molecule has 0 bridgehead atoms.